The van der Waals surface area contributed by atoms with Crippen LogP contribution < -0.4 is 5.32 Å². The quantitative estimate of drug-likeness (QED) is 0.735. The summed E-state index contributed by atoms with van der Waals surface area (Å²) in [4.78, 5) is 22.4. The van der Waals surface area contributed by atoms with E-state index in [0.717, 1.165) is 0 Å². The Morgan fingerprint density at radius 1 is 1.61 bits per heavy atom. The van der Waals surface area contributed by atoms with Gasteiger partial charge in [0.2, 0.25) is 5.91 Å². The lowest BCUT2D eigenvalue weighted by atomic mass is 10.2. The summed E-state index contributed by atoms with van der Waals surface area (Å²) in [6.45, 7) is 0. The van der Waals surface area contributed by atoms with E-state index in [4.69, 9.17) is 9.52 Å². The van der Waals surface area contributed by atoms with E-state index in [9.17, 15) is 9.59 Å². The third kappa shape index (κ3) is 5.09. The van der Waals surface area contributed by atoms with Gasteiger partial charge in [0.05, 0.1) is 6.26 Å². The second kappa shape index (κ2) is 7.60. The average Bonchev–Trinajstić information content (AvgIpc) is 2.84. The molecule has 0 aromatic carbocycles. The van der Waals surface area contributed by atoms with Crippen molar-refractivity contribution in [1.29, 1.82) is 0 Å². The normalized spacial score (nSPS) is 12.5. The predicted molar refractivity (Wildman–Crippen MR) is 70.3 cm³/mol. The molecule has 18 heavy (non-hydrogen) atoms. The monoisotopic (exact) mass is 269 g/mol. The van der Waals surface area contributed by atoms with Crippen molar-refractivity contribution in [2.45, 2.75) is 12.5 Å². The van der Waals surface area contributed by atoms with E-state index in [1.54, 1.807) is 12.1 Å². The predicted octanol–water partition coefficient (Wildman–Crippen LogP) is 1.62. The summed E-state index contributed by atoms with van der Waals surface area (Å²) in [5, 5.41) is 11.4. The van der Waals surface area contributed by atoms with Crippen molar-refractivity contribution in [2.24, 2.45) is 0 Å². The Kier molecular flexibility index (Phi) is 6.07. The number of nitrogens with one attached hydrogen (secondary N) is 1. The minimum atomic E-state index is -1.02. The summed E-state index contributed by atoms with van der Waals surface area (Å²) in [6.07, 6.45) is 6.53. The van der Waals surface area contributed by atoms with E-state index < -0.39 is 17.9 Å². The number of thioether (sulfide) groups is 1. The van der Waals surface area contributed by atoms with Crippen molar-refractivity contribution in [3.63, 3.8) is 0 Å². The molecule has 6 heteroatoms. The van der Waals surface area contributed by atoms with Gasteiger partial charge in [-0.2, -0.15) is 11.8 Å². The fraction of sp³-hybridized carbons (Fsp3) is 0.333. The molecule has 0 aliphatic rings. The van der Waals surface area contributed by atoms with E-state index in [1.807, 2.05) is 6.26 Å². The molecule has 1 amide bonds. The molecule has 1 rings (SSSR count). The minimum Gasteiger partial charge on any atom is -0.480 e. The number of aliphatic carboxylic acids is 1. The van der Waals surface area contributed by atoms with Crippen LogP contribution in [-0.4, -0.2) is 35.0 Å². The maximum Gasteiger partial charge on any atom is 0.326 e. The molecule has 0 aliphatic heterocycles. The van der Waals surface area contributed by atoms with Crippen LogP contribution in [-0.2, 0) is 9.59 Å². The second-order valence-electron chi connectivity index (χ2n) is 3.53. The topological polar surface area (TPSA) is 79.5 Å². The van der Waals surface area contributed by atoms with E-state index in [2.05, 4.69) is 5.32 Å². The van der Waals surface area contributed by atoms with Gasteiger partial charge in [0.15, 0.2) is 0 Å². The summed E-state index contributed by atoms with van der Waals surface area (Å²) >= 11 is 1.54. The zero-order valence-corrected chi connectivity index (χ0v) is 10.8. The molecule has 1 heterocycles. The molecule has 98 valence electrons. The van der Waals surface area contributed by atoms with Gasteiger partial charge < -0.3 is 14.8 Å². The number of carbonyl (C=O) groups is 2. The first kappa shape index (κ1) is 14.4. The highest BCUT2D eigenvalue weighted by molar-refractivity contribution is 7.98. The Labute approximate surface area is 109 Å². The number of hydrogen-bond acceptors (Lipinski definition) is 4. The number of carbonyl (C=O) groups excluding carboxylic acids is 1. The van der Waals surface area contributed by atoms with Gasteiger partial charge >= 0.3 is 5.97 Å². The Hall–Kier alpha value is -1.69. The highest BCUT2D eigenvalue weighted by atomic mass is 32.2. The van der Waals surface area contributed by atoms with Crippen molar-refractivity contribution in [3.8, 4) is 0 Å². The first-order chi connectivity index (χ1) is 8.63. The molecule has 0 spiro atoms. The molecule has 2 N–H and O–H groups in total. The number of amides is 1. The summed E-state index contributed by atoms with van der Waals surface area (Å²) < 4.78 is 5.01. The number of furan rings is 1. The molecule has 1 atom stereocenters. The molecule has 5 nitrogen and oxygen atoms in total. The maximum atomic E-state index is 11.5. The highest BCUT2D eigenvalue weighted by Gasteiger charge is 2.17. The molecular formula is C12H15NO4S. The summed E-state index contributed by atoms with van der Waals surface area (Å²) in [7, 11) is 0. The zero-order chi connectivity index (χ0) is 13.4. The molecule has 1 aromatic heterocycles. The van der Waals surface area contributed by atoms with Gasteiger partial charge in [-0.15, -0.1) is 0 Å². The molecule has 0 saturated carbocycles. The van der Waals surface area contributed by atoms with Crippen LogP contribution in [0, 0.1) is 0 Å². The van der Waals surface area contributed by atoms with Crippen LogP contribution in [0.2, 0.25) is 0 Å². The van der Waals surface area contributed by atoms with Gasteiger partial charge in [0.1, 0.15) is 11.8 Å². The fourth-order valence-electron chi connectivity index (χ4n) is 1.26. The van der Waals surface area contributed by atoms with Crippen molar-refractivity contribution < 1.29 is 19.1 Å². The van der Waals surface area contributed by atoms with Crippen LogP contribution in [0.4, 0.5) is 0 Å². The van der Waals surface area contributed by atoms with Crippen LogP contribution in [0.25, 0.3) is 6.08 Å². The zero-order valence-electron chi connectivity index (χ0n) is 9.96. The molecule has 1 aromatic rings. The van der Waals surface area contributed by atoms with Gasteiger partial charge in [-0.3, -0.25) is 4.79 Å². The van der Waals surface area contributed by atoms with Crippen molar-refractivity contribution in [1.82, 2.24) is 5.32 Å². The van der Waals surface area contributed by atoms with Crippen LogP contribution in [0.15, 0.2) is 28.9 Å². The molecule has 0 fully saturated rings. The smallest absolute Gasteiger partial charge is 0.326 e. The molecule has 0 saturated heterocycles. The third-order valence-electron chi connectivity index (χ3n) is 2.17. The number of carboxylic acid groups (broad SMARTS) is 1. The molecule has 0 unspecified atom stereocenters. The lowest BCUT2D eigenvalue weighted by molar-refractivity contribution is -0.141. The molecule has 0 bridgehead atoms. The van der Waals surface area contributed by atoms with Crippen LogP contribution in [0.3, 0.4) is 0 Å². The largest absolute Gasteiger partial charge is 0.480 e. The van der Waals surface area contributed by atoms with E-state index in [0.29, 0.717) is 17.9 Å². The Bertz CT molecular complexity index is 414. The summed E-state index contributed by atoms with van der Waals surface area (Å²) in [6, 6.07) is 2.55. The number of hydrogen-bond donors (Lipinski definition) is 2. The maximum absolute atomic E-state index is 11.5. The Morgan fingerprint density at radius 3 is 2.94 bits per heavy atom. The lowest BCUT2D eigenvalue weighted by Gasteiger charge is -2.12. The Morgan fingerprint density at radius 2 is 2.39 bits per heavy atom. The summed E-state index contributed by atoms with van der Waals surface area (Å²) in [5.74, 6) is -0.246. The average molecular weight is 269 g/mol. The van der Waals surface area contributed by atoms with Gasteiger partial charge in [0, 0.05) is 6.08 Å². The van der Waals surface area contributed by atoms with Crippen molar-refractivity contribution in [2.75, 3.05) is 12.0 Å². The van der Waals surface area contributed by atoms with E-state index in [-0.39, 0.29) is 0 Å². The second-order valence-corrected chi connectivity index (χ2v) is 4.52. The SMILES string of the molecule is CSCC[C@@H](NC(=O)/C=C/c1ccco1)C(=O)O. The summed E-state index contributed by atoms with van der Waals surface area (Å²) in [5.41, 5.74) is 0. The van der Waals surface area contributed by atoms with E-state index >= 15 is 0 Å². The first-order valence-corrected chi connectivity index (χ1v) is 6.76. The fourth-order valence-corrected chi connectivity index (χ4v) is 1.73. The highest BCUT2D eigenvalue weighted by Crippen LogP contribution is 2.03. The third-order valence-corrected chi connectivity index (χ3v) is 2.81. The van der Waals surface area contributed by atoms with Crippen LogP contribution >= 0.6 is 11.8 Å². The van der Waals surface area contributed by atoms with Crippen LogP contribution in [0.5, 0.6) is 0 Å². The van der Waals surface area contributed by atoms with Crippen LogP contribution in [0.1, 0.15) is 12.2 Å². The lowest BCUT2D eigenvalue weighted by Crippen LogP contribution is -2.40. The molecular weight excluding hydrogens is 254 g/mol. The van der Waals surface area contributed by atoms with Gasteiger partial charge in [-0.25, -0.2) is 4.79 Å². The standard InChI is InChI=1S/C12H15NO4S/c1-18-8-6-10(12(15)16)13-11(14)5-4-9-3-2-7-17-9/h2-5,7,10H,6,8H2,1H3,(H,13,14)(H,15,16)/b5-4+/t10-/m1/s1. The number of rotatable bonds is 7. The van der Waals surface area contributed by atoms with Crippen molar-refractivity contribution >= 4 is 29.7 Å². The molecule has 0 aliphatic carbocycles. The minimum absolute atomic E-state index is 0.400. The Balaban J connectivity index is 2.48. The molecule has 0 radical (unpaired) electrons. The number of carboxylic acids is 1. The first-order valence-electron chi connectivity index (χ1n) is 5.37. The van der Waals surface area contributed by atoms with Gasteiger partial charge in [-0.1, -0.05) is 0 Å². The van der Waals surface area contributed by atoms with Gasteiger partial charge in [-0.05, 0) is 36.6 Å². The van der Waals surface area contributed by atoms with E-state index in [1.165, 1.54) is 30.2 Å². The van der Waals surface area contributed by atoms with Gasteiger partial charge in [0.25, 0.3) is 0 Å². The van der Waals surface area contributed by atoms with Crippen molar-refractivity contribution in [3.05, 3.63) is 30.2 Å².